The van der Waals surface area contributed by atoms with Crippen LogP contribution in [0.15, 0.2) is 12.1 Å². The third-order valence-corrected chi connectivity index (χ3v) is 2.39. The fourth-order valence-corrected chi connectivity index (χ4v) is 1.60. The molecule has 1 atom stereocenters. The fraction of sp³-hybridized carbons (Fsp3) is 0.462. The van der Waals surface area contributed by atoms with E-state index in [0.717, 1.165) is 18.6 Å². The average Bonchev–Trinajstić information content (AvgIpc) is 2.15. The van der Waals surface area contributed by atoms with E-state index in [-0.39, 0.29) is 6.10 Å². The Balaban J connectivity index is 2.89. The van der Waals surface area contributed by atoms with Gasteiger partial charge in [-0.05, 0) is 38.0 Å². The van der Waals surface area contributed by atoms with Crippen molar-refractivity contribution in [3.05, 3.63) is 34.9 Å². The van der Waals surface area contributed by atoms with Gasteiger partial charge in [0, 0.05) is 0 Å². The topological polar surface area (TPSA) is 26.3 Å². The molecule has 0 saturated heterocycles. The first-order valence-electron chi connectivity index (χ1n) is 5.62. The molecular weight excluding hydrogens is 226 g/mol. The number of carbonyl (C=O) groups excluding carboxylic acids is 1. The second kappa shape index (κ2) is 5.75. The molecule has 0 aliphatic carbocycles. The summed E-state index contributed by atoms with van der Waals surface area (Å²) < 4.78 is 31.9. The summed E-state index contributed by atoms with van der Waals surface area (Å²) in [7, 11) is 0. The van der Waals surface area contributed by atoms with E-state index in [9.17, 15) is 13.6 Å². The van der Waals surface area contributed by atoms with Crippen LogP contribution in [0.3, 0.4) is 0 Å². The van der Waals surface area contributed by atoms with E-state index in [1.807, 2.05) is 6.92 Å². The fourth-order valence-electron chi connectivity index (χ4n) is 1.60. The standard InChI is InChI=1S/C13H16F2O2/c1-4-5-9(3)17-13(16)12-10(14)6-8(2)7-11(12)15/h6-7,9H,4-5H2,1-3H3. The van der Waals surface area contributed by atoms with Gasteiger partial charge in [0.15, 0.2) is 0 Å². The zero-order valence-electron chi connectivity index (χ0n) is 10.2. The number of halogens is 2. The van der Waals surface area contributed by atoms with Gasteiger partial charge in [-0.1, -0.05) is 13.3 Å². The van der Waals surface area contributed by atoms with Crippen LogP contribution >= 0.6 is 0 Å². The summed E-state index contributed by atoms with van der Waals surface area (Å²) in [6.07, 6.45) is 1.17. The maximum absolute atomic E-state index is 13.5. The Labute approximate surface area is 99.6 Å². The van der Waals surface area contributed by atoms with Gasteiger partial charge in [-0.3, -0.25) is 0 Å². The van der Waals surface area contributed by atoms with Crippen molar-refractivity contribution in [3.63, 3.8) is 0 Å². The van der Waals surface area contributed by atoms with Gasteiger partial charge in [0.25, 0.3) is 0 Å². The lowest BCUT2D eigenvalue weighted by Gasteiger charge is -2.13. The SMILES string of the molecule is CCCC(C)OC(=O)c1c(F)cc(C)cc1F. The normalized spacial score (nSPS) is 12.3. The molecule has 0 saturated carbocycles. The number of carbonyl (C=O) groups is 1. The minimum Gasteiger partial charge on any atom is -0.459 e. The van der Waals surface area contributed by atoms with E-state index < -0.39 is 23.2 Å². The van der Waals surface area contributed by atoms with Gasteiger partial charge < -0.3 is 4.74 Å². The van der Waals surface area contributed by atoms with Crippen molar-refractivity contribution in [2.24, 2.45) is 0 Å². The maximum Gasteiger partial charge on any atom is 0.344 e. The first kappa shape index (κ1) is 13.6. The molecule has 0 amide bonds. The first-order valence-corrected chi connectivity index (χ1v) is 5.62. The smallest absolute Gasteiger partial charge is 0.344 e. The van der Waals surface area contributed by atoms with Gasteiger partial charge in [-0.2, -0.15) is 0 Å². The molecule has 0 fully saturated rings. The third-order valence-electron chi connectivity index (χ3n) is 2.39. The highest BCUT2D eigenvalue weighted by atomic mass is 19.1. The van der Waals surface area contributed by atoms with Crippen molar-refractivity contribution in [2.75, 3.05) is 0 Å². The van der Waals surface area contributed by atoms with Gasteiger partial charge in [0.05, 0.1) is 6.10 Å². The van der Waals surface area contributed by atoms with Crippen LogP contribution in [-0.2, 0) is 4.74 Å². The van der Waals surface area contributed by atoms with E-state index in [0.29, 0.717) is 12.0 Å². The summed E-state index contributed by atoms with van der Waals surface area (Å²) in [4.78, 5) is 11.6. The minimum absolute atomic E-state index is 0.340. The van der Waals surface area contributed by atoms with E-state index in [1.165, 1.54) is 0 Å². The van der Waals surface area contributed by atoms with Crippen molar-refractivity contribution in [3.8, 4) is 0 Å². The number of rotatable bonds is 4. The van der Waals surface area contributed by atoms with Crippen molar-refractivity contribution in [1.29, 1.82) is 0 Å². The van der Waals surface area contributed by atoms with E-state index in [4.69, 9.17) is 4.74 Å². The Morgan fingerprint density at radius 2 is 1.88 bits per heavy atom. The highest BCUT2D eigenvalue weighted by Gasteiger charge is 2.21. The van der Waals surface area contributed by atoms with Crippen LogP contribution in [0.5, 0.6) is 0 Å². The average molecular weight is 242 g/mol. The Morgan fingerprint density at radius 3 is 2.35 bits per heavy atom. The lowest BCUT2D eigenvalue weighted by atomic mass is 10.1. The largest absolute Gasteiger partial charge is 0.459 e. The first-order chi connectivity index (χ1) is 7.95. The van der Waals surface area contributed by atoms with Crippen LogP contribution in [0.2, 0.25) is 0 Å². The van der Waals surface area contributed by atoms with Crippen molar-refractivity contribution in [1.82, 2.24) is 0 Å². The molecular formula is C13H16F2O2. The molecule has 1 rings (SSSR count). The number of hydrogen-bond acceptors (Lipinski definition) is 2. The molecule has 0 aromatic heterocycles. The van der Waals surface area contributed by atoms with Gasteiger partial charge in [-0.25, -0.2) is 13.6 Å². The minimum atomic E-state index is -0.944. The van der Waals surface area contributed by atoms with Crippen molar-refractivity contribution >= 4 is 5.97 Å². The summed E-state index contributed by atoms with van der Waals surface area (Å²) in [6, 6.07) is 2.23. The molecule has 1 aromatic rings. The zero-order chi connectivity index (χ0) is 13.0. The molecule has 0 aliphatic heterocycles. The third kappa shape index (κ3) is 3.51. The predicted molar refractivity (Wildman–Crippen MR) is 60.9 cm³/mol. The van der Waals surface area contributed by atoms with Crippen molar-refractivity contribution < 1.29 is 18.3 Å². The van der Waals surface area contributed by atoms with E-state index >= 15 is 0 Å². The monoisotopic (exact) mass is 242 g/mol. The van der Waals surface area contributed by atoms with Crippen LogP contribution in [0.4, 0.5) is 8.78 Å². The van der Waals surface area contributed by atoms with Crippen LogP contribution < -0.4 is 0 Å². The molecule has 1 aromatic carbocycles. The van der Waals surface area contributed by atoms with Crippen LogP contribution in [0.25, 0.3) is 0 Å². The molecule has 94 valence electrons. The highest BCUT2D eigenvalue weighted by Crippen LogP contribution is 2.17. The van der Waals surface area contributed by atoms with Gasteiger partial charge >= 0.3 is 5.97 Å². The molecule has 17 heavy (non-hydrogen) atoms. The quantitative estimate of drug-likeness (QED) is 0.754. The number of hydrogen-bond donors (Lipinski definition) is 0. The molecule has 0 N–H and O–H groups in total. The lowest BCUT2D eigenvalue weighted by Crippen LogP contribution is -2.17. The second-order valence-electron chi connectivity index (χ2n) is 4.11. The highest BCUT2D eigenvalue weighted by molar-refractivity contribution is 5.90. The zero-order valence-corrected chi connectivity index (χ0v) is 10.2. The molecule has 2 nitrogen and oxygen atoms in total. The van der Waals surface area contributed by atoms with Gasteiger partial charge in [0.1, 0.15) is 17.2 Å². The summed E-state index contributed by atoms with van der Waals surface area (Å²) >= 11 is 0. The summed E-state index contributed by atoms with van der Waals surface area (Å²) in [5.41, 5.74) is -0.184. The molecule has 0 aliphatic rings. The van der Waals surface area contributed by atoms with Crippen LogP contribution in [0, 0.1) is 18.6 Å². The van der Waals surface area contributed by atoms with Gasteiger partial charge in [0.2, 0.25) is 0 Å². The van der Waals surface area contributed by atoms with Gasteiger partial charge in [-0.15, -0.1) is 0 Å². The Morgan fingerprint density at radius 1 is 1.35 bits per heavy atom. The summed E-state index contributed by atoms with van der Waals surface area (Å²) in [6.45, 7) is 5.20. The summed E-state index contributed by atoms with van der Waals surface area (Å²) in [5.74, 6) is -2.70. The summed E-state index contributed by atoms with van der Waals surface area (Å²) in [5, 5.41) is 0. The van der Waals surface area contributed by atoms with Crippen molar-refractivity contribution in [2.45, 2.75) is 39.7 Å². The maximum atomic E-state index is 13.5. The van der Waals surface area contributed by atoms with E-state index in [2.05, 4.69) is 0 Å². The predicted octanol–water partition coefficient (Wildman–Crippen LogP) is 3.62. The molecule has 0 bridgehead atoms. The number of aryl methyl sites for hydroxylation is 1. The second-order valence-corrected chi connectivity index (χ2v) is 4.11. The molecule has 1 unspecified atom stereocenters. The molecule has 0 heterocycles. The van der Waals surface area contributed by atoms with Crippen LogP contribution in [-0.4, -0.2) is 12.1 Å². The molecule has 4 heteroatoms. The molecule has 0 radical (unpaired) electrons. The number of benzene rings is 1. The Hall–Kier alpha value is -1.45. The Kier molecular flexibility index (Phi) is 4.61. The Bertz CT molecular complexity index is 393. The molecule has 0 spiro atoms. The lowest BCUT2D eigenvalue weighted by molar-refractivity contribution is 0.0312. The number of ether oxygens (including phenoxy) is 1. The van der Waals surface area contributed by atoms with E-state index in [1.54, 1.807) is 13.8 Å². The van der Waals surface area contributed by atoms with Crippen LogP contribution in [0.1, 0.15) is 42.6 Å². The number of esters is 1.